The third-order valence-corrected chi connectivity index (χ3v) is 5.12. The van der Waals surface area contributed by atoms with Crippen molar-refractivity contribution in [1.82, 2.24) is 4.90 Å². The van der Waals surface area contributed by atoms with E-state index in [2.05, 4.69) is 21.2 Å². The first-order chi connectivity index (χ1) is 11.0. The molecule has 7 heteroatoms. The summed E-state index contributed by atoms with van der Waals surface area (Å²) in [5, 5.41) is 2.77. The Morgan fingerprint density at radius 1 is 1.35 bits per heavy atom. The number of rotatable bonds is 4. The molecule has 2 aromatic rings. The van der Waals surface area contributed by atoms with Crippen LogP contribution in [0.5, 0.6) is 5.75 Å². The lowest BCUT2D eigenvalue weighted by Gasteiger charge is -2.26. The van der Waals surface area contributed by atoms with Crippen LogP contribution in [0.2, 0.25) is 0 Å². The van der Waals surface area contributed by atoms with Gasteiger partial charge in [-0.2, -0.15) is 0 Å². The Balaban J connectivity index is 1.62. The molecule has 0 fully saturated rings. The molecule has 0 saturated carbocycles. The van der Waals surface area contributed by atoms with Crippen LogP contribution in [0.3, 0.4) is 0 Å². The van der Waals surface area contributed by atoms with Crippen LogP contribution in [0.15, 0.2) is 40.2 Å². The van der Waals surface area contributed by atoms with Gasteiger partial charge >= 0.3 is 0 Å². The molecule has 1 atom stereocenters. The maximum Gasteiger partial charge on any atom is 0.266 e. The van der Waals surface area contributed by atoms with Gasteiger partial charge in [-0.05, 0) is 40.2 Å². The Bertz CT molecular complexity index is 746. The van der Waals surface area contributed by atoms with E-state index < -0.39 is 6.10 Å². The molecule has 2 amide bonds. The highest BCUT2D eigenvalue weighted by atomic mass is 79.9. The average Bonchev–Trinajstić information content (AvgIpc) is 2.93. The molecule has 0 saturated heterocycles. The van der Waals surface area contributed by atoms with Crippen molar-refractivity contribution >= 4 is 44.8 Å². The Kier molecular flexibility index (Phi) is 4.68. The van der Waals surface area contributed by atoms with E-state index in [-0.39, 0.29) is 18.2 Å². The van der Waals surface area contributed by atoms with Gasteiger partial charge in [0.2, 0.25) is 5.91 Å². The zero-order chi connectivity index (χ0) is 16.4. The highest BCUT2D eigenvalue weighted by Crippen LogP contribution is 2.30. The summed E-state index contributed by atoms with van der Waals surface area (Å²) in [6.45, 7) is 0.514. The van der Waals surface area contributed by atoms with Crippen LogP contribution in [-0.4, -0.2) is 29.9 Å². The zero-order valence-corrected chi connectivity index (χ0v) is 14.8. The largest absolute Gasteiger partial charge is 0.478 e. The van der Waals surface area contributed by atoms with Crippen molar-refractivity contribution in [2.24, 2.45) is 0 Å². The van der Waals surface area contributed by atoms with Gasteiger partial charge in [0.1, 0.15) is 5.75 Å². The normalized spacial score (nSPS) is 16.3. The van der Waals surface area contributed by atoms with Gasteiger partial charge in [-0.3, -0.25) is 9.59 Å². The minimum atomic E-state index is -0.796. The minimum Gasteiger partial charge on any atom is -0.478 e. The molecule has 0 radical (unpaired) electrons. The summed E-state index contributed by atoms with van der Waals surface area (Å²) in [6, 6.07) is 11.1. The fourth-order valence-corrected chi connectivity index (χ4v) is 3.84. The predicted molar refractivity (Wildman–Crippen MR) is 92.6 cm³/mol. The summed E-state index contributed by atoms with van der Waals surface area (Å²) in [4.78, 5) is 27.1. The number of benzene rings is 1. The minimum absolute atomic E-state index is 0.0171. The molecule has 2 heterocycles. The van der Waals surface area contributed by atoms with E-state index in [4.69, 9.17) is 4.74 Å². The highest BCUT2D eigenvalue weighted by molar-refractivity contribution is 9.11. The smallest absolute Gasteiger partial charge is 0.266 e. The Hall–Kier alpha value is -1.86. The second-order valence-electron chi connectivity index (χ2n) is 5.25. The molecular weight excluding hydrogens is 380 g/mol. The molecule has 0 unspecified atom stereocenters. The molecule has 0 spiro atoms. The summed E-state index contributed by atoms with van der Waals surface area (Å²) in [5.41, 5.74) is 0.637. The number of hydrogen-bond donors (Lipinski definition) is 1. The van der Waals surface area contributed by atoms with Crippen molar-refractivity contribution in [1.29, 1.82) is 0 Å². The molecule has 5 nitrogen and oxygen atoms in total. The van der Waals surface area contributed by atoms with Gasteiger partial charge in [-0.25, -0.2) is 0 Å². The molecule has 0 bridgehead atoms. The first kappa shape index (κ1) is 16.0. The zero-order valence-electron chi connectivity index (χ0n) is 12.4. The summed E-state index contributed by atoms with van der Waals surface area (Å²) in [5.74, 6) is 0.174. The molecule has 1 N–H and O–H groups in total. The summed E-state index contributed by atoms with van der Waals surface area (Å²) >= 11 is 4.99. The fraction of sp³-hybridized carbons (Fsp3) is 0.250. The molecule has 3 rings (SSSR count). The van der Waals surface area contributed by atoms with Crippen molar-refractivity contribution in [2.75, 3.05) is 12.4 Å². The molecule has 1 aliphatic heterocycles. The topological polar surface area (TPSA) is 58.6 Å². The molecule has 1 aromatic heterocycles. The number of amides is 2. The van der Waals surface area contributed by atoms with E-state index in [9.17, 15) is 9.59 Å². The second-order valence-corrected chi connectivity index (χ2v) is 7.80. The van der Waals surface area contributed by atoms with E-state index in [0.29, 0.717) is 18.0 Å². The summed E-state index contributed by atoms with van der Waals surface area (Å²) < 4.78 is 6.68. The number of ether oxygens (including phenoxy) is 1. The number of fused-ring (bicyclic) bond motifs is 1. The van der Waals surface area contributed by atoms with Crippen molar-refractivity contribution in [3.05, 3.63) is 45.1 Å². The van der Waals surface area contributed by atoms with Crippen LogP contribution in [0.1, 0.15) is 11.3 Å². The standard InChI is InChI=1S/C16H15BrN2O3S/c1-19(9-10-6-7-14(17)23-10)15(20)8-13-16(21)18-11-4-2-3-5-12(11)22-13/h2-7,13H,8-9H2,1H3,(H,18,21)/t13-/m1/s1. The van der Waals surface area contributed by atoms with Gasteiger partial charge in [-0.1, -0.05) is 12.1 Å². The first-order valence-corrected chi connectivity index (χ1v) is 8.68. The lowest BCUT2D eigenvalue weighted by atomic mass is 10.1. The van der Waals surface area contributed by atoms with Crippen LogP contribution in [0.4, 0.5) is 5.69 Å². The van der Waals surface area contributed by atoms with Crippen molar-refractivity contribution in [3.8, 4) is 5.75 Å². The fourth-order valence-electron chi connectivity index (χ4n) is 2.30. The van der Waals surface area contributed by atoms with Gasteiger partial charge in [0.25, 0.3) is 5.91 Å². The van der Waals surface area contributed by atoms with E-state index in [1.54, 1.807) is 35.4 Å². The SMILES string of the molecule is CN(Cc1ccc(Br)s1)C(=O)C[C@H]1Oc2ccccc2NC1=O. The maximum atomic E-state index is 12.3. The Morgan fingerprint density at radius 2 is 2.13 bits per heavy atom. The van der Waals surface area contributed by atoms with Crippen LogP contribution in [0, 0.1) is 0 Å². The third-order valence-electron chi connectivity index (χ3n) is 3.51. The number of hydrogen-bond acceptors (Lipinski definition) is 4. The van der Waals surface area contributed by atoms with Crippen LogP contribution >= 0.6 is 27.3 Å². The van der Waals surface area contributed by atoms with Gasteiger partial charge in [0.15, 0.2) is 6.10 Å². The molecular formula is C16H15BrN2O3S. The van der Waals surface area contributed by atoms with E-state index in [1.165, 1.54) is 0 Å². The van der Waals surface area contributed by atoms with Gasteiger partial charge in [0, 0.05) is 11.9 Å². The average molecular weight is 395 g/mol. The van der Waals surface area contributed by atoms with Gasteiger partial charge < -0.3 is 15.0 Å². The molecule has 120 valence electrons. The summed E-state index contributed by atoms with van der Waals surface area (Å²) in [6.07, 6.45) is -0.779. The predicted octanol–water partition coefficient (Wildman–Crippen LogP) is 3.26. The van der Waals surface area contributed by atoms with E-state index in [0.717, 1.165) is 8.66 Å². The Morgan fingerprint density at radius 3 is 2.87 bits per heavy atom. The summed E-state index contributed by atoms with van der Waals surface area (Å²) in [7, 11) is 1.73. The number of halogens is 1. The number of nitrogens with one attached hydrogen (secondary N) is 1. The van der Waals surface area contributed by atoms with Crippen LogP contribution in [0.25, 0.3) is 0 Å². The van der Waals surface area contributed by atoms with Crippen molar-refractivity contribution in [3.63, 3.8) is 0 Å². The Labute approximate surface area is 146 Å². The third kappa shape index (κ3) is 3.73. The monoisotopic (exact) mass is 394 g/mol. The van der Waals surface area contributed by atoms with Crippen LogP contribution < -0.4 is 10.1 Å². The van der Waals surface area contributed by atoms with Gasteiger partial charge in [-0.15, -0.1) is 11.3 Å². The molecule has 0 aliphatic carbocycles. The quantitative estimate of drug-likeness (QED) is 0.865. The first-order valence-electron chi connectivity index (χ1n) is 7.07. The number of nitrogens with zero attached hydrogens (tertiary/aromatic N) is 1. The molecule has 1 aliphatic rings. The number of thiophene rings is 1. The number of para-hydroxylation sites is 2. The highest BCUT2D eigenvalue weighted by Gasteiger charge is 2.30. The molecule has 1 aromatic carbocycles. The number of carbonyl (C=O) groups excluding carboxylic acids is 2. The second kappa shape index (κ2) is 6.72. The van der Waals surface area contributed by atoms with Crippen molar-refractivity contribution < 1.29 is 14.3 Å². The molecule has 23 heavy (non-hydrogen) atoms. The van der Waals surface area contributed by atoms with E-state index >= 15 is 0 Å². The maximum absolute atomic E-state index is 12.3. The number of anilines is 1. The van der Waals surface area contributed by atoms with E-state index in [1.807, 2.05) is 24.3 Å². The van der Waals surface area contributed by atoms with Gasteiger partial charge in [0.05, 0.1) is 22.4 Å². The number of carbonyl (C=O) groups is 2. The van der Waals surface area contributed by atoms with Crippen LogP contribution in [-0.2, 0) is 16.1 Å². The van der Waals surface area contributed by atoms with Crippen molar-refractivity contribution in [2.45, 2.75) is 19.1 Å². The lowest BCUT2D eigenvalue weighted by Crippen LogP contribution is -2.41. The lowest BCUT2D eigenvalue weighted by molar-refractivity contribution is -0.136.